The molecule has 0 aliphatic rings. The van der Waals surface area contributed by atoms with Crippen molar-refractivity contribution in [3.05, 3.63) is 64.4 Å². The Hall–Kier alpha value is -2.45. The lowest BCUT2D eigenvalue weighted by atomic mass is 10.2. The molecule has 0 saturated heterocycles. The molecule has 3 rings (SSSR count). The van der Waals surface area contributed by atoms with Crippen LogP contribution in [0, 0.1) is 5.82 Å². The minimum atomic E-state index is -3.64. The summed E-state index contributed by atoms with van der Waals surface area (Å²) in [7, 11) is -3.64. The van der Waals surface area contributed by atoms with Gasteiger partial charge in [0.2, 0.25) is 10.0 Å². The SMILES string of the molecule is CCN(CC)S(=O)(=O)c1ccc2c(c1)oc(=O)n2Cc1ccc(F)cc1. The maximum atomic E-state index is 13.0. The largest absolute Gasteiger partial charge is 0.420 e. The molecule has 0 atom stereocenters. The zero-order valence-corrected chi connectivity index (χ0v) is 15.3. The summed E-state index contributed by atoms with van der Waals surface area (Å²) < 4.78 is 46.2. The van der Waals surface area contributed by atoms with Crippen LogP contribution in [-0.4, -0.2) is 30.4 Å². The lowest BCUT2D eigenvalue weighted by Crippen LogP contribution is -2.30. The highest BCUT2D eigenvalue weighted by atomic mass is 32.2. The third-order valence-corrected chi connectivity index (χ3v) is 6.28. The van der Waals surface area contributed by atoms with E-state index in [1.54, 1.807) is 32.0 Å². The second kappa shape index (κ2) is 7.05. The normalized spacial score (nSPS) is 12.2. The number of fused-ring (bicyclic) bond motifs is 1. The van der Waals surface area contributed by atoms with Crippen LogP contribution >= 0.6 is 0 Å². The van der Waals surface area contributed by atoms with Gasteiger partial charge < -0.3 is 4.42 Å². The number of nitrogens with zero attached hydrogens (tertiary/aromatic N) is 2. The molecule has 0 saturated carbocycles. The van der Waals surface area contributed by atoms with Crippen molar-refractivity contribution in [3.8, 4) is 0 Å². The summed E-state index contributed by atoms with van der Waals surface area (Å²) in [6.45, 7) is 4.44. The van der Waals surface area contributed by atoms with E-state index in [4.69, 9.17) is 4.42 Å². The monoisotopic (exact) mass is 378 g/mol. The molecule has 26 heavy (non-hydrogen) atoms. The predicted octanol–water partition coefficient (Wildman–Crippen LogP) is 2.81. The van der Waals surface area contributed by atoms with Gasteiger partial charge in [-0.25, -0.2) is 17.6 Å². The number of sulfonamides is 1. The van der Waals surface area contributed by atoms with E-state index in [0.717, 1.165) is 5.56 Å². The molecule has 138 valence electrons. The first-order valence-electron chi connectivity index (χ1n) is 8.24. The summed E-state index contributed by atoms with van der Waals surface area (Å²) in [5.41, 5.74) is 1.42. The molecular formula is C18H19FN2O4S. The van der Waals surface area contributed by atoms with Crippen LogP contribution in [-0.2, 0) is 16.6 Å². The Morgan fingerprint density at radius 1 is 1.08 bits per heavy atom. The van der Waals surface area contributed by atoms with E-state index in [-0.39, 0.29) is 22.8 Å². The van der Waals surface area contributed by atoms with Crippen LogP contribution in [0.4, 0.5) is 4.39 Å². The van der Waals surface area contributed by atoms with Crippen molar-refractivity contribution in [2.24, 2.45) is 0 Å². The molecule has 0 unspecified atom stereocenters. The summed E-state index contributed by atoms with van der Waals surface area (Å²) in [5.74, 6) is -0.953. The molecule has 8 heteroatoms. The number of hydrogen-bond donors (Lipinski definition) is 0. The van der Waals surface area contributed by atoms with Crippen LogP contribution in [0.2, 0.25) is 0 Å². The molecule has 1 heterocycles. The average Bonchev–Trinajstić information content (AvgIpc) is 2.92. The molecule has 0 N–H and O–H groups in total. The first kappa shape index (κ1) is 18.3. The van der Waals surface area contributed by atoms with E-state index >= 15 is 0 Å². The summed E-state index contributed by atoms with van der Waals surface area (Å²) >= 11 is 0. The van der Waals surface area contributed by atoms with Gasteiger partial charge in [-0.15, -0.1) is 0 Å². The maximum Gasteiger partial charge on any atom is 0.420 e. The van der Waals surface area contributed by atoms with E-state index in [9.17, 15) is 17.6 Å². The van der Waals surface area contributed by atoms with Crippen molar-refractivity contribution in [2.75, 3.05) is 13.1 Å². The Bertz CT molecular complexity index is 1080. The fourth-order valence-electron chi connectivity index (χ4n) is 2.84. The van der Waals surface area contributed by atoms with Crippen molar-refractivity contribution >= 4 is 21.1 Å². The number of rotatable bonds is 6. The van der Waals surface area contributed by atoms with E-state index in [2.05, 4.69) is 0 Å². The second-order valence-electron chi connectivity index (χ2n) is 5.80. The zero-order valence-electron chi connectivity index (χ0n) is 14.5. The molecule has 0 amide bonds. The van der Waals surface area contributed by atoms with Crippen LogP contribution < -0.4 is 5.76 Å². The molecule has 0 radical (unpaired) electrons. The van der Waals surface area contributed by atoms with Crippen LogP contribution in [0.15, 0.2) is 56.6 Å². The van der Waals surface area contributed by atoms with Gasteiger partial charge in [-0.2, -0.15) is 4.31 Å². The number of oxazole rings is 1. The smallest absolute Gasteiger partial charge is 0.408 e. The zero-order chi connectivity index (χ0) is 18.9. The molecule has 6 nitrogen and oxygen atoms in total. The fourth-order valence-corrected chi connectivity index (χ4v) is 4.32. The highest BCUT2D eigenvalue weighted by Crippen LogP contribution is 2.22. The highest BCUT2D eigenvalue weighted by molar-refractivity contribution is 7.89. The summed E-state index contributed by atoms with van der Waals surface area (Å²) in [6, 6.07) is 10.2. The third-order valence-electron chi connectivity index (χ3n) is 4.24. The molecule has 0 aliphatic carbocycles. The van der Waals surface area contributed by atoms with E-state index in [0.29, 0.717) is 18.6 Å². The Kier molecular flexibility index (Phi) is 4.97. The summed E-state index contributed by atoms with van der Waals surface area (Å²) in [5, 5.41) is 0. The van der Waals surface area contributed by atoms with E-state index in [1.807, 2.05) is 0 Å². The predicted molar refractivity (Wildman–Crippen MR) is 96.1 cm³/mol. The van der Waals surface area contributed by atoms with Crippen LogP contribution in [0.25, 0.3) is 11.1 Å². The van der Waals surface area contributed by atoms with Gasteiger partial charge in [0, 0.05) is 19.2 Å². The minimum absolute atomic E-state index is 0.0800. The third kappa shape index (κ3) is 3.30. The lowest BCUT2D eigenvalue weighted by molar-refractivity contribution is 0.445. The fraction of sp³-hybridized carbons (Fsp3) is 0.278. The van der Waals surface area contributed by atoms with Gasteiger partial charge in [0.05, 0.1) is 17.0 Å². The van der Waals surface area contributed by atoms with Crippen LogP contribution in [0.3, 0.4) is 0 Å². The van der Waals surface area contributed by atoms with E-state index < -0.39 is 15.8 Å². The van der Waals surface area contributed by atoms with Crippen molar-refractivity contribution in [1.82, 2.24) is 8.87 Å². The van der Waals surface area contributed by atoms with Gasteiger partial charge in [0.15, 0.2) is 5.58 Å². The quantitative estimate of drug-likeness (QED) is 0.661. The Morgan fingerprint density at radius 2 is 1.73 bits per heavy atom. The molecule has 0 aliphatic heterocycles. The average molecular weight is 378 g/mol. The van der Waals surface area contributed by atoms with Crippen molar-refractivity contribution in [3.63, 3.8) is 0 Å². The second-order valence-corrected chi connectivity index (χ2v) is 7.74. The number of aromatic nitrogens is 1. The highest BCUT2D eigenvalue weighted by Gasteiger charge is 2.23. The number of halogens is 1. The summed E-state index contributed by atoms with van der Waals surface area (Å²) in [6.07, 6.45) is 0. The van der Waals surface area contributed by atoms with Crippen LogP contribution in [0.1, 0.15) is 19.4 Å². The molecule has 1 aromatic heterocycles. The number of benzene rings is 2. The van der Waals surface area contributed by atoms with Crippen LogP contribution in [0.5, 0.6) is 0 Å². The molecular weight excluding hydrogens is 359 g/mol. The van der Waals surface area contributed by atoms with E-state index in [1.165, 1.54) is 33.1 Å². The Labute approximate surface area is 150 Å². The molecule has 3 aromatic rings. The molecule has 0 fully saturated rings. The van der Waals surface area contributed by atoms with Gasteiger partial charge in [-0.3, -0.25) is 4.57 Å². The Morgan fingerprint density at radius 3 is 2.35 bits per heavy atom. The van der Waals surface area contributed by atoms with Gasteiger partial charge >= 0.3 is 5.76 Å². The van der Waals surface area contributed by atoms with Crippen molar-refractivity contribution in [2.45, 2.75) is 25.3 Å². The standard InChI is InChI=1S/C18H19FN2O4S/c1-3-20(4-2)26(23,24)15-9-10-16-17(11-15)25-18(22)21(16)12-13-5-7-14(19)8-6-13/h5-11H,3-4,12H2,1-2H3. The summed E-state index contributed by atoms with van der Waals surface area (Å²) in [4.78, 5) is 12.3. The Balaban J connectivity index is 2.03. The van der Waals surface area contributed by atoms with Gasteiger partial charge in [-0.1, -0.05) is 26.0 Å². The maximum absolute atomic E-state index is 13.0. The lowest BCUT2D eigenvalue weighted by Gasteiger charge is -2.18. The topological polar surface area (TPSA) is 72.5 Å². The molecule has 0 spiro atoms. The first-order chi connectivity index (χ1) is 12.4. The molecule has 2 aromatic carbocycles. The minimum Gasteiger partial charge on any atom is -0.408 e. The first-order valence-corrected chi connectivity index (χ1v) is 9.68. The molecule has 0 bridgehead atoms. The van der Waals surface area contributed by atoms with Gasteiger partial charge in [-0.05, 0) is 29.8 Å². The number of hydrogen-bond acceptors (Lipinski definition) is 4. The van der Waals surface area contributed by atoms with Gasteiger partial charge in [0.25, 0.3) is 0 Å². The van der Waals surface area contributed by atoms with Gasteiger partial charge in [0.1, 0.15) is 5.82 Å². The van der Waals surface area contributed by atoms with Crippen molar-refractivity contribution in [1.29, 1.82) is 0 Å². The van der Waals surface area contributed by atoms with Crippen molar-refractivity contribution < 1.29 is 17.2 Å².